The van der Waals surface area contributed by atoms with Gasteiger partial charge in [0.1, 0.15) is 0 Å². The zero-order valence-corrected chi connectivity index (χ0v) is 10.2. The van der Waals surface area contributed by atoms with Crippen molar-refractivity contribution in [3.05, 3.63) is 0 Å². The second kappa shape index (κ2) is 5.46. The molecule has 15 heavy (non-hydrogen) atoms. The summed E-state index contributed by atoms with van der Waals surface area (Å²) in [6.07, 6.45) is 0.781. The summed E-state index contributed by atoms with van der Waals surface area (Å²) in [5, 5.41) is 8.36. The molecule has 90 valence electrons. The fourth-order valence-corrected chi connectivity index (χ4v) is 2.71. The van der Waals surface area contributed by atoms with Gasteiger partial charge in [-0.05, 0) is 33.6 Å². The van der Waals surface area contributed by atoms with E-state index in [0.717, 1.165) is 0 Å². The SMILES string of the molecule is CC(C)(C)NS(=O)(=O)CCCCC(=O)O. The van der Waals surface area contributed by atoms with Crippen molar-refractivity contribution in [1.29, 1.82) is 0 Å². The van der Waals surface area contributed by atoms with Gasteiger partial charge in [0.05, 0.1) is 5.75 Å². The first-order chi connectivity index (χ1) is 6.62. The Morgan fingerprint density at radius 3 is 2.20 bits per heavy atom. The first kappa shape index (κ1) is 14.4. The fraction of sp³-hybridized carbons (Fsp3) is 0.889. The normalized spacial score (nSPS) is 12.7. The summed E-state index contributed by atoms with van der Waals surface area (Å²) >= 11 is 0. The Labute approximate surface area is 90.9 Å². The number of aliphatic carboxylic acids is 1. The zero-order valence-electron chi connectivity index (χ0n) is 9.41. The van der Waals surface area contributed by atoms with E-state index >= 15 is 0 Å². The van der Waals surface area contributed by atoms with Gasteiger partial charge in [0, 0.05) is 12.0 Å². The minimum absolute atomic E-state index is 0.0163. The molecule has 0 unspecified atom stereocenters. The number of unbranched alkanes of at least 4 members (excludes halogenated alkanes) is 1. The van der Waals surface area contributed by atoms with Crippen molar-refractivity contribution in [1.82, 2.24) is 4.72 Å². The molecule has 0 bridgehead atoms. The first-order valence-electron chi connectivity index (χ1n) is 4.86. The van der Waals surface area contributed by atoms with Crippen LogP contribution in [0.2, 0.25) is 0 Å². The molecule has 0 saturated carbocycles. The van der Waals surface area contributed by atoms with Crippen molar-refractivity contribution in [2.45, 2.75) is 45.6 Å². The average Bonchev–Trinajstić information content (AvgIpc) is 1.93. The number of carboxylic acids is 1. The summed E-state index contributed by atoms with van der Waals surface area (Å²) in [7, 11) is -3.28. The molecule has 0 saturated heterocycles. The largest absolute Gasteiger partial charge is 0.481 e. The van der Waals surface area contributed by atoms with Crippen LogP contribution >= 0.6 is 0 Å². The lowest BCUT2D eigenvalue weighted by Gasteiger charge is -2.20. The second-order valence-electron chi connectivity index (χ2n) is 4.52. The molecule has 0 aliphatic carbocycles. The van der Waals surface area contributed by atoms with Gasteiger partial charge in [-0.25, -0.2) is 13.1 Å². The number of hydrogen-bond acceptors (Lipinski definition) is 3. The highest BCUT2D eigenvalue weighted by Gasteiger charge is 2.19. The summed E-state index contributed by atoms with van der Waals surface area (Å²) in [6.45, 7) is 5.30. The highest BCUT2D eigenvalue weighted by Crippen LogP contribution is 2.05. The predicted molar refractivity (Wildman–Crippen MR) is 58.2 cm³/mol. The lowest BCUT2D eigenvalue weighted by atomic mass is 10.1. The predicted octanol–water partition coefficient (Wildman–Crippen LogP) is 0.959. The molecule has 0 fully saturated rings. The standard InChI is InChI=1S/C9H19NO4S/c1-9(2,3)10-15(13,14)7-5-4-6-8(11)12/h10H,4-7H2,1-3H3,(H,11,12). The monoisotopic (exact) mass is 237 g/mol. The number of rotatable bonds is 6. The minimum atomic E-state index is -3.28. The summed E-state index contributed by atoms with van der Waals surface area (Å²) in [4.78, 5) is 10.2. The van der Waals surface area contributed by atoms with Crippen molar-refractivity contribution < 1.29 is 18.3 Å². The van der Waals surface area contributed by atoms with Gasteiger partial charge in [0.2, 0.25) is 10.0 Å². The van der Waals surface area contributed by atoms with Crippen LogP contribution in [0.15, 0.2) is 0 Å². The Morgan fingerprint density at radius 2 is 1.80 bits per heavy atom. The lowest BCUT2D eigenvalue weighted by molar-refractivity contribution is -0.137. The van der Waals surface area contributed by atoms with Crippen molar-refractivity contribution in [3.63, 3.8) is 0 Å². The van der Waals surface area contributed by atoms with E-state index in [-0.39, 0.29) is 12.2 Å². The highest BCUT2D eigenvalue weighted by molar-refractivity contribution is 7.89. The number of nitrogens with one attached hydrogen (secondary N) is 1. The van der Waals surface area contributed by atoms with Gasteiger partial charge in [0.15, 0.2) is 0 Å². The van der Waals surface area contributed by atoms with E-state index in [9.17, 15) is 13.2 Å². The Hall–Kier alpha value is -0.620. The maximum Gasteiger partial charge on any atom is 0.303 e. The maximum atomic E-state index is 11.4. The van der Waals surface area contributed by atoms with Crippen molar-refractivity contribution in [3.8, 4) is 0 Å². The number of sulfonamides is 1. The summed E-state index contributed by atoms with van der Waals surface area (Å²) in [6, 6.07) is 0. The van der Waals surface area contributed by atoms with Gasteiger partial charge in [-0.1, -0.05) is 0 Å². The van der Waals surface area contributed by atoms with Crippen LogP contribution < -0.4 is 4.72 Å². The Bertz CT molecular complexity index is 303. The fourth-order valence-electron chi connectivity index (χ4n) is 1.09. The molecule has 6 heteroatoms. The van der Waals surface area contributed by atoms with Crippen molar-refractivity contribution >= 4 is 16.0 Å². The first-order valence-corrected chi connectivity index (χ1v) is 6.51. The third-order valence-electron chi connectivity index (χ3n) is 1.52. The van der Waals surface area contributed by atoms with Crippen LogP contribution in [0.3, 0.4) is 0 Å². The molecule has 0 aliphatic heterocycles. The quantitative estimate of drug-likeness (QED) is 0.674. The maximum absolute atomic E-state index is 11.4. The third-order valence-corrected chi connectivity index (χ3v) is 3.26. The molecular formula is C9H19NO4S. The van der Waals surface area contributed by atoms with E-state index in [4.69, 9.17) is 5.11 Å². The molecule has 0 aliphatic rings. The highest BCUT2D eigenvalue weighted by atomic mass is 32.2. The van der Waals surface area contributed by atoms with E-state index < -0.39 is 21.5 Å². The van der Waals surface area contributed by atoms with Crippen molar-refractivity contribution in [2.24, 2.45) is 0 Å². The summed E-state index contributed by atoms with van der Waals surface area (Å²) in [5.41, 5.74) is -0.481. The van der Waals surface area contributed by atoms with Gasteiger partial charge >= 0.3 is 5.97 Å². The molecule has 0 amide bonds. The van der Waals surface area contributed by atoms with E-state index in [1.807, 2.05) is 0 Å². The van der Waals surface area contributed by atoms with E-state index in [1.54, 1.807) is 20.8 Å². The minimum Gasteiger partial charge on any atom is -0.481 e. The molecular weight excluding hydrogens is 218 g/mol. The molecule has 0 aromatic heterocycles. The van der Waals surface area contributed by atoms with Crippen LogP contribution in [0.1, 0.15) is 40.0 Å². The molecule has 0 aromatic carbocycles. The Kier molecular flexibility index (Phi) is 5.23. The second-order valence-corrected chi connectivity index (χ2v) is 6.36. The van der Waals surface area contributed by atoms with Crippen LogP contribution in [0.5, 0.6) is 0 Å². The number of hydrogen-bond donors (Lipinski definition) is 2. The zero-order chi connectivity index (χ0) is 12.1. The van der Waals surface area contributed by atoms with Crippen LogP contribution in [-0.2, 0) is 14.8 Å². The molecule has 5 nitrogen and oxygen atoms in total. The molecule has 2 N–H and O–H groups in total. The van der Waals surface area contributed by atoms with Gasteiger partial charge in [0.25, 0.3) is 0 Å². The van der Waals surface area contributed by atoms with E-state index in [2.05, 4.69) is 4.72 Å². The number of carbonyl (C=O) groups is 1. The smallest absolute Gasteiger partial charge is 0.303 e. The molecule has 0 aromatic rings. The topological polar surface area (TPSA) is 83.5 Å². The number of carboxylic acid groups (broad SMARTS) is 1. The Balaban J connectivity index is 3.91. The average molecular weight is 237 g/mol. The molecule has 0 heterocycles. The summed E-state index contributed by atoms with van der Waals surface area (Å²) < 4.78 is 25.4. The van der Waals surface area contributed by atoms with E-state index in [0.29, 0.717) is 12.8 Å². The Morgan fingerprint density at radius 1 is 1.27 bits per heavy atom. The molecule has 0 atom stereocenters. The van der Waals surface area contributed by atoms with Crippen LogP contribution in [0.4, 0.5) is 0 Å². The summed E-state index contributed by atoms with van der Waals surface area (Å²) in [5.74, 6) is -0.909. The van der Waals surface area contributed by atoms with Crippen molar-refractivity contribution in [2.75, 3.05) is 5.75 Å². The van der Waals surface area contributed by atoms with E-state index in [1.165, 1.54) is 0 Å². The van der Waals surface area contributed by atoms with Gasteiger partial charge in [-0.3, -0.25) is 4.79 Å². The van der Waals surface area contributed by atoms with Gasteiger partial charge in [-0.15, -0.1) is 0 Å². The molecule has 0 spiro atoms. The van der Waals surface area contributed by atoms with Crippen LogP contribution in [0.25, 0.3) is 0 Å². The lowest BCUT2D eigenvalue weighted by Crippen LogP contribution is -2.41. The van der Waals surface area contributed by atoms with Gasteiger partial charge < -0.3 is 5.11 Å². The van der Waals surface area contributed by atoms with Crippen LogP contribution in [0, 0.1) is 0 Å². The molecule has 0 radical (unpaired) electrons. The third kappa shape index (κ3) is 9.68. The van der Waals surface area contributed by atoms with Crippen LogP contribution in [-0.4, -0.2) is 30.8 Å². The van der Waals surface area contributed by atoms with Gasteiger partial charge in [-0.2, -0.15) is 0 Å². The molecule has 0 rings (SSSR count).